The topological polar surface area (TPSA) is 75.1 Å². The first kappa shape index (κ1) is 10.9. The molecule has 16 heavy (non-hydrogen) atoms. The van der Waals surface area contributed by atoms with Gasteiger partial charge in [-0.15, -0.1) is 0 Å². The summed E-state index contributed by atoms with van der Waals surface area (Å²) in [5.41, 5.74) is -0.690. The first-order chi connectivity index (χ1) is 7.63. The van der Waals surface area contributed by atoms with Crippen LogP contribution in [0.4, 0.5) is 5.82 Å². The highest BCUT2D eigenvalue weighted by Gasteiger charge is 2.45. The van der Waals surface area contributed by atoms with Crippen LogP contribution in [0, 0.1) is 5.41 Å². The SMILES string of the molecule is CC1(C(=O)O)CCCC1Nc1ccncn1. The molecule has 1 aliphatic carbocycles. The van der Waals surface area contributed by atoms with Crippen LogP contribution >= 0.6 is 0 Å². The minimum absolute atomic E-state index is 0.0556. The third-order valence-corrected chi connectivity index (χ3v) is 3.35. The Bertz CT molecular complexity index is 382. The summed E-state index contributed by atoms with van der Waals surface area (Å²) >= 11 is 0. The van der Waals surface area contributed by atoms with Gasteiger partial charge in [0.05, 0.1) is 5.41 Å². The van der Waals surface area contributed by atoms with E-state index in [1.165, 1.54) is 6.33 Å². The number of carboxylic acids is 1. The number of carbonyl (C=O) groups is 1. The van der Waals surface area contributed by atoms with Gasteiger partial charge in [0.2, 0.25) is 0 Å². The number of rotatable bonds is 3. The molecule has 0 spiro atoms. The lowest BCUT2D eigenvalue weighted by Gasteiger charge is -2.27. The van der Waals surface area contributed by atoms with Crippen molar-refractivity contribution in [3.63, 3.8) is 0 Å². The van der Waals surface area contributed by atoms with Crippen molar-refractivity contribution in [3.05, 3.63) is 18.6 Å². The predicted octanol–water partition coefficient (Wildman–Crippen LogP) is 1.53. The Morgan fingerprint density at radius 3 is 3.12 bits per heavy atom. The average molecular weight is 221 g/mol. The van der Waals surface area contributed by atoms with Gasteiger partial charge in [0.15, 0.2) is 0 Å². The lowest BCUT2D eigenvalue weighted by molar-refractivity contribution is -0.147. The first-order valence-corrected chi connectivity index (χ1v) is 5.39. The lowest BCUT2D eigenvalue weighted by Crippen LogP contribution is -2.40. The molecule has 1 saturated carbocycles. The van der Waals surface area contributed by atoms with E-state index in [1.54, 1.807) is 19.2 Å². The van der Waals surface area contributed by atoms with Crippen molar-refractivity contribution >= 4 is 11.8 Å². The lowest BCUT2D eigenvalue weighted by atomic mass is 9.85. The minimum atomic E-state index is -0.739. The predicted molar refractivity (Wildman–Crippen MR) is 59.0 cm³/mol. The molecule has 1 fully saturated rings. The van der Waals surface area contributed by atoms with Crippen molar-refractivity contribution in [1.82, 2.24) is 9.97 Å². The second-order valence-electron chi connectivity index (χ2n) is 4.41. The summed E-state index contributed by atoms with van der Waals surface area (Å²) in [6, 6.07) is 1.69. The zero-order valence-electron chi connectivity index (χ0n) is 9.18. The summed E-state index contributed by atoms with van der Waals surface area (Å²) in [4.78, 5) is 19.1. The van der Waals surface area contributed by atoms with Crippen LogP contribution < -0.4 is 5.32 Å². The van der Waals surface area contributed by atoms with Crippen LogP contribution in [-0.2, 0) is 4.79 Å². The third kappa shape index (κ3) is 1.85. The molecular formula is C11H15N3O2. The molecule has 0 amide bonds. The molecule has 0 radical (unpaired) electrons. The molecule has 0 saturated heterocycles. The molecule has 1 aromatic rings. The van der Waals surface area contributed by atoms with Crippen LogP contribution in [-0.4, -0.2) is 27.1 Å². The van der Waals surface area contributed by atoms with Crippen molar-refractivity contribution in [2.24, 2.45) is 5.41 Å². The second kappa shape index (κ2) is 4.08. The van der Waals surface area contributed by atoms with Crippen LogP contribution in [0.25, 0.3) is 0 Å². The third-order valence-electron chi connectivity index (χ3n) is 3.35. The first-order valence-electron chi connectivity index (χ1n) is 5.39. The fourth-order valence-electron chi connectivity index (χ4n) is 2.21. The van der Waals surface area contributed by atoms with E-state index in [0.717, 1.165) is 12.8 Å². The Labute approximate surface area is 93.9 Å². The normalized spacial score (nSPS) is 28.9. The van der Waals surface area contributed by atoms with Gasteiger partial charge in [-0.1, -0.05) is 6.42 Å². The van der Waals surface area contributed by atoms with Crippen LogP contribution in [0.3, 0.4) is 0 Å². The Morgan fingerprint density at radius 2 is 2.50 bits per heavy atom. The van der Waals surface area contributed by atoms with Crippen molar-refractivity contribution in [3.8, 4) is 0 Å². The minimum Gasteiger partial charge on any atom is -0.481 e. The molecule has 2 rings (SSSR count). The van der Waals surface area contributed by atoms with Crippen LogP contribution in [0.15, 0.2) is 18.6 Å². The zero-order valence-corrected chi connectivity index (χ0v) is 9.18. The van der Waals surface area contributed by atoms with Gasteiger partial charge >= 0.3 is 5.97 Å². The van der Waals surface area contributed by atoms with E-state index >= 15 is 0 Å². The number of nitrogens with zero attached hydrogens (tertiary/aromatic N) is 2. The van der Waals surface area contributed by atoms with Crippen LogP contribution in [0.2, 0.25) is 0 Å². The van der Waals surface area contributed by atoms with Gasteiger partial charge in [-0.25, -0.2) is 9.97 Å². The molecule has 5 heteroatoms. The Morgan fingerprint density at radius 1 is 1.69 bits per heavy atom. The molecule has 1 heterocycles. The van der Waals surface area contributed by atoms with Gasteiger partial charge in [0.1, 0.15) is 12.1 Å². The molecule has 2 N–H and O–H groups in total. The summed E-state index contributed by atoms with van der Waals surface area (Å²) in [5, 5.41) is 12.4. The van der Waals surface area contributed by atoms with E-state index in [4.69, 9.17) is 0 Å². The van der Waals surface area contributed by atoms with Crippen molar-refractivity contribution in [2.75, 3.05) is 5.32 Å². The largest absolute Gasteiger partial charge is 0.481 e. The molecule has 2 atom stereocenters. The van der Waals surface area contributed by atoms with Crippen molar-refractivity contribution in [2.45, 2.75) is 32.2 Å². The van der Waals surface area contributed by atoms with Gasteiger partial charge in [0, 0.05) is 12.2 Å². The molecule has 1 aromatic heterocycles. The fourth-order valence-corrected chi connectivity index (χ4v) is 2.21. The van der Waals surface area contributed by atoms with E-state index in [2.05, 4.69) is 15.3 Å². The van der Waals surface area contributed by atoms with Gasteiger partial charge < -0.3 is 10.4 Å². The van der Waals surface area contributed by atoms with E-state index in [0.29, 0.717) is 12.2 Å². The smallest absolute Gasteiger partial charge is 0.311 e. The van der Waals surface area contributed by atoms with E-state index in [1.807, 2.05) is 0 Å². The van der Waals surface area contributed by atoms with Crippen molar-refractivity contribution < 1.29 is 9.90 Å². The number of aromatic nitrogens is 2. The standard InChI is InChI=1S/C11H15N3O2/c1-11(10(15)16)5-2-3-8(11)14-9-4-6-12-7-13-9/h4,6-8H,2-3,5H2,1H3,(H,15,16)(H,12,13,14). The highest BCUT2D eigenvalue weighted by molar-refractivity contribution is 5.76. The van der Waals surface area contributed by atoms with E-state index in [-0.39, 0.29) is 6.04 Å². The van der Waals surface area contributed by atoms with Crippen LogP contribution in [0.1, 0.15) is 26.2 Å². The molecule has 0 aromatic carbocycles. The maximum Gasteiger partial charge on any atom is 0.311 e. The van der Waals surface area contributed by atoms with E-state index in [9.17, 15) is 9.90 Å². The number of aliphatic carboxylic acids is 1. The summed E-state index contributed by atoms with van der Waals surface area (Å²) in [5.74, 6) is -0.0501. The number of nitrogens with one attached hydrogen (secondary N) is 1. The highest BCUT2D eigenvalue weighted by Crippen LogP contribution is 2.39. The van der Waals surface area contributed by atoms with E-state index < -0.39 is 11.4 Å². The average Bonchev–Trinajstić information content (AvgIpc) is 2.63. The quantitative estimate of drug-likeness (QED) is 0.809. The molecule has 2 unspecified atom stereocenters. The highest BCUT2D eigenvalue weighted by atomic mass is 16.4. The monoisotopic (exact) mass is 221 g/mol. The molecule has 86 valence electrons. The second-order valence-corrected chi connectivity index (χ2v) is 4.41. The molecular weight excluding hydrogens is 206 g/mol. The summed E-state index contributed by atoms with van der Waals surface area (Å²) in [7, 11) is 0. The van der Waals surface area contributed by atoms with Gasteiger partial charge in [0.25, 0.3) is 0 Å². The van der Waals surface area contributed by atoms with Crippen molar-refractivity contribution in [1.29, 1.82) is 0 Å². The summed E-state index contributed by atoms with van der Waals surface area (Å²) < 4.78 is 0. The summed E-state index contributed by atoms with van der Waals surface area (Å²) in [6.45, 7) is 1.79. The molecule has 0 bridgehead atoms. The number of hydrogen-bond donors (Lipinski definition) is 2. The fraction of sp³-hybridized carbons (Fsp3) is 0.545. The van der Waals surface area contributed by atoms with Gasteiger partial charge in [-0.05, 0) is 25.8 Å². The summed E-state index contributed by atoms with van der Waals surface area (Å²) in [6.07, 6.45) is 5.61. The Balaban J connectivity index is 2.13. The Kier molecular flexibility index (Phi) is 2.77. The Hall–Kier alpha value is -1.65. The van der Waals surface area contributed by atoms with Crippen LogP contribution in [0.5, 0.6) is 0 Å². The molecule has 0 aliphatic heterocycles. The maximum absolute atomic E-state index is 11.3. The molecule has 5 nitrogen and oxygen atoms in total. The molecule has 1 aliphatic rings. The van der Waals surface area contributed by atoms with Gasteiger partial charge in [-0.2, -0.15) is 0 Å². The number of anilines is 1. The van der Waals surface area contributed by atoms with Gasteiger partial charge in [-0.3, -0.25) is 4.79 Å². The zero-order chi connectivity index (χ0) is 11.6. The number of carboxylic acid groups (broad SMARTS) is 1. The maximum atomic E-state index is 11.3. The number of hydrogen-bond acceptors (Lipinski definition) is 4.